The molecule has 0 amide bonds. The van der Waals surface area contributed by atoms with Crippen LogP contribution in [0.5, 0.6) is 0 Å². The van der Waals surface area contributed by atoms with Crippen molar-refractivity contribution < 1.29 is 4.74 Å². The second-order valence-electron chi connectivity index (χ2n) is 3.75. The maximum absolute atomic E-state index is 5.70. The Hall–Kier alpha value is -0.680. The summed E-state index contributed by atoms with van der Waals surface area (Å²) in [6.07, 6.45) is 6.24. The molecule has 15 heavy (non-hydrogen) atoms. The van der Waals surface area contributed by atoms with Crippen molar-refractivity contribution in [3.63, 3.8) is 0 Å². The Morgan fingerprint density at radius 3 is 3.13 bits per heavy atom. The molecule has 4 nitrogen and oxygen atoms in total. The number of hydrogen-bond acceptors (Lipinski definition) is 4. The minimum atomic E-state index is 0.307. The topological polar surface area (TPSA) is 47.0 Å². The molecule has 2 unspecified atom stereocenters. The summed E-state index contributed by atoms with van der Waals surface area (Å²) in [6.45, 7) is 2.92. The molecule has 1 saturated heterocycles. The van der Waals surface area contributed by atoms with Gasteiger partial charge in [-0.05, 0) is 35.7 Å². The second kappa shape index (κ2) is 4.90. The molecule has 0 radical (unpaired) electrons. The fourth-order valence-electron chi connectivity index (χ4n) is 1.69. The Morgan fingerprint density at radius 1 is 1.60 bits per heavy atom. The number of anilines is 1. The first-order valence-electron chi connectivity index (χ1n) is 5.10. The van der Waals surface area contributed by atoms with Gasteiger partial charge in [0.05, 0.1) is 16.7 Å². The molecule has 1 aliphatic rings. The van der Waals surface area contributed by atoms with Crippen molar-refractivity contribution in [3.05, 3.63) is 17.0 Å². The standard InChI is InChI=1S/C10H14BrN3O/c1-7-2-3-8(15-7)4-13-10-9(11)5-12-6-14-10/h5-8H,2-4H2,1H3,(H,12,13,14). The summed E-state index contributed by atoms with van der Waals surface area (Å²) < 4.78 is 6.59. The van der Waals surface area contributed by atoms with E-state index in [0.717, 1.165) is 29.7 Å². The number of ether oxygens (including phenoxy) is 1. The van der Waals surface area contributed by atoms with Crippen molar-refractivity contribution in [3.8, 4) is 0 Å². The molecule has 1 aliphatic heterocycles. The molecule has 1 N–H and O–H groups in total. The van der Waals surface area contributed by atoms with Crippen molar-refractivity contribution in [1.82, 2.24) is 9.97 Å². The molecule has 0 spiro atoms. The number of aromatic nitrogens is 2. The van der Waals surface area contributed by atoms with Gasteiger partial charge in [-0.1, -0.05) is 0 Å². The van der Waals surface area contributed by atoms with E-state index in [1.807, 2.05) is 0 Å². The van der Waals surface area contributed by atoms with E-state index in [-0.39, 0.29) is 0 Å². The third kappa shape index (κ3) is 2.89. The molecule has 2 heterocycles. The fraction of sp³-hybridized carbons (Fsp3) is 0.600. The van der Waals surface area contributed by atoms with E-state index in [0.29, 0.717) is 12.2 Å². The molecule has 2 atom stereocenters. The second-order valence-corrected chi connectivity index (χ2v) is 4.60. The normalized spacial score (nSPS) is 25.5. The lowest BCUT2D eigenvalue weighted by Crippen LogP contribution is -2.20. The molecule has 82 valence electrons. The van der Waals surface area contributed by atoms with E-state index >= 15 is 0 Å². The molecule has 0 aliphatic carbocycles. The third-order valence-electron chi connectivity index (χ3n) is 2.48. The first kappa shape index (κ1) is 10.8. The van der Waals surface area contributed by atoms with Crippen LogP contribution in [-0.4, -0.2) is 28.7 Å². The first-order chi connectivity index (χ1) is 7.25. The van der Waals surface area contributed by atoms with Gasteiger partial charge in [0.15, 0.2) is 0 Å². The van der Waals surface area contributed by atoms with Gasteiger partial charge in [-0.15, -0.1) is 0 Å². The zero-order chi connectivity index (χ0) is 10.7. The first-order valence-corrected chi connectivity index (χ1v) is 5.90. The van der Waals surface area contributed by atoms with Crippen LogP contribution in [0.4, 0.5) is 5.82 Å². The van der Waals surface area contributed by atoms with E-state index in [1.165, 1.54) is 6.33 Å². The van der Waals surface area contributed by atoms with Crippen molar-refractivity contribution in [1.29, 1.82) is 0 Å². The van der Waals surface area contributed by atoms with Gasteiger partial charge < -0.3 is 10.1 Å². The fourth-order valence-corrected chi connectivity index (χ4v) is 2.05. The predicted molar refractivity (Wildman–Crippen MR) is 61.8 cm³/mol. The quantitative estimate of drug-likeness (QED) is 0.916. The Balaban J connectivity index is 1.86. The average molecular weight is 272 g/mol. The largest absolute Gasteiger partial charge is 0.373 e. The van der Waals surface area contributed by atoms with E-state index < -0.39 is 0 Å². The summed E-state index contributed by atoms with van der Waals surface area (Å²) in [6, 6.07) is 0. The minimum Gasteiger partial charge on any atom is -0.373 e. The Kier molecular flexibility index (Phi) is 3.53. The van der Waals surface area contributed by atoms with Crippen molar-refractivity contribution in [2.75, 3.05) is 11.9 Å². The number of hydrogen-bond donors (Lipinski definition) is 1. The molecule has 1 fully saturated rings. The van der Waals surface area contributed by atoms with Crippen LogP contribution < -0.4 is 5.32 Å². The van der Waals surface area contributed by atoms with Crippen LogP contribution in [-0.2, 0) is 4.74 Å². The molecule has 0 aromatic carbocycles. The monoisotopic (exact) mass is 271 g/mol. The lowest BCUT2D eigenvalue weighted by Gasteiger charge is -2.12. The smallest absolute Gasteiger partial charge is 0.143 e. The zero-order valence-corrected chi connectivity index (χ0v) is 10.2. The average Bonchev–Trinajstić information content (AvgIpc) is 2.63. The SMILES string of the molecule is CC1CCC(CNc2ncncc2Br)O1. The van der Waals surface area contributed by atoms with E-state index in [4.69, 9.17) is 4.74 Å². The lowest BCUT2D eigenvalue weighted by atomic mass is 10.2. The van der Waals surface area contributed by atoms with Crippen LogP contribution in [0.2, 0.25) is 0 Å². The summed E-state index contributed by atoms with van der Waals surface area (Å²) in [4.78, 5) is 8.04. The molecule has 0 saturated carbocycles. The Labute approximate surface area is 97.6 Å². The van der Waals surface area contributed by atoms with Crippen LogP contribution in [0, 0.1) is 0 Å². The van der Waals surface area contributed by atoms with Gasteiger partial charge in [0.1, 0.15) is 12.1 Å². The van der Waals surface area contributed by atoms with Crippen LogP contribution in [0.25, 0.3) is 0 Å². The van der Waals surface area contributed by atoms with Gasteiger partial charge in [-0.3, -0.25) is 0 Å². The van der Waals surface area contributed by atoms with Gasteiger partial charge in [-0.2, -0.15) is 0 Å². The number of nitrogens with one attached hydrogen (secondary N) is 1. The highest BCUT2D eigenvalue weighted by atomic mass is 79.9. The summed E-state index contributed by atoms with van der Waals surface area (Å²) in [5, 5.41) is 3.25. The van der Waals surface area contributed by atoms with Crippen LogP contribution in [0.3, 0.4) is 0 Å². The van der Waals surface area contributed by atoms with Crippen LogP contribution in [0.1, 0.15) is 19.8 Å². The minimum absolute atomic E-state index is 0.307. The maximum Gasteiger partial charge on any atom is 0.143 e. The Bertz CT molecular complexity index is 334. The summed E-state index contributed by atoms with van der Waals surface area (Å²) in [7, 11) is 0. The summed E-state index contributed by atoms with van der Waals surface area (Å²) >= 11 is 3.39. The molecule has 1 aromatic heterocycles. The molecule has 2 rings (SSSR count). The highest BCUT2D eigenvalue weighted by Crippen LogP contribution is 2.21. The molecular formula is C10H14BrN3O. The number of halogens is 1. The van der Waals surface area contributed by atoms with Gasteiger partial charge >= 0.3 is 0 Å². The van der Waals surface area contributed by atoms with Gasteiger partial charge in [0.25, 0.3) is 0 Å². The van der Waals surface area contributed by atoms with Gasteiger partial charge in [0.2, 0.25) is 0 Å². The van der Waals surface area contributed by atoms with E-state index in [2.05, 4.69) is 38.1 Å². The lowest BCUT2D eigenvalue weighted by molar-refractivity contribution is 0.0636. The summed E-state index contributed by atoms with van der Waals surface area (Å²) in [5.41, 5.74) is 0. The molecular weight excluding hydrogens is 258 g/mol. The predicted octanol–water partition coefficient (Wildman–Crippen LogP) is 2.22. The van der Waals surface area contributed by atoms with Crippen LogP contribution >= 0.6 is 15.9 Å². The van der Waals surface area contributed by atoms with E-state index in [1.54, 1.807) is 6.20 Å². The third-order valence-corrected chi connectivity index (χ3v) is 3.07. The van der Waals surface area contributed by atoms with Crippen molar-refractivity contribution in [2.24, 2.45) is 0 Å². The van der Waals surface area contributed by atoms with Crippen molar-refractivity contribution in [2.45, 2.75) is 32.0 Å². The molecule has 1 aromatic rings. The highest BCUT2D eigenvalue weighted by molar-refractivity contribution is 9.10. The zero-order valence-electron chi connectivity index (χ0n) is 8.61. The Morgan fingerprint density at radius 2 is 2.47 bits per heavy atom. The molecule has 0 bridgehead atoms. The van der Waals surface area contributed by atoms with Crippen LogP contribution in [0.15, 0.2) is 17.0 Å². The van der Waals surface area contributed by atoms with Gasteiger partial charge in [0, 0.05) is 12.7 Å². The number of rotatable bonds is 3. The highest BCUT2D eigenvalue weighted by Gasteiger charge is 2.21. The van der Waals surface area contributed by atoms with Gasteiger partial charge in [-0.25, -0.2) is 9.97 Å². The number of nitrogens with zero attached hydrogens (tertiary/aromatic N) is 2. The van der Waals surface area contributed by atoms with Crippen molar-refractivity contribution >= 4 is 21.7 Å². The molecule has 5 heteroatoms. The summed E-state index contributed by atoms with van der Waals surface area (Å²) in [5.74, 6) is 0.827. The maximum atomic E-state index is 5.70. The van der Waals surface area contributed by atoms with E-state index in [9.17, 15) is 0 Å².